The van der Waals surface area contributed by atoms with Crippen LogP contribution >= 0.6 is 0 Å². The minimum absolute atomic E-state index is 0.208. The Bertz CT molecular complexity index is 550. The Morgan fingerprint density at radius 3 is 2.75 bits per heavy atom. The summed E-state index contributed by atoms with van der Waals surface area (Å²) in [5.41, 5.74) is 2.26. The Balaban J connectivity index is 2.18. The largest absolute Gasteiger partial charge is 0.396 e. The zero-order valence-corrected chi connectivity index (χ0v) is 12.6. The summed E-state index contributed by atoms with van der Waals surface area (Å²) in [5.74, 6) is 1.32. The van der Waals surface area contributed by atoms with Crippen molar-refractivity contribution in [3.05, 3.63) is 30.1 Å². The summed E-state index contributed by atoms with van der Waals surface area (Å²) in [7, 11) is 0. The number of aliphatic hydroxyl groups excluding tert-OH is 1. The minimum Gasteiger partial charge on any atom is -0.396 e. The molecular weight excluding hydrogens is 250 g/mol. The van der Waals surface area contributed by atoms with E-state index in [-0.39, 0.29) is 18.6 Å². The number of nitrogens with one attached hydrogen (secondary N) is 1. The predicted octanol–water partition coefficient (Wildman–Crippen LogP) is 2.55. The van der Waals surface area contributed by atoms with Gasteiger partial charge in [-0.05, 0) is 31.4 Å². The molecule has 2 aromatic rings. The van der Waals surface area contributed by atoms with E-state index < -0.39 is 0 Å². The average Bonchev–Trinajstić information content (AvgIpc) is 2.82. The number of rotatable bonds is 7. The van der Waals surface area contributed by atoms with E-state index in [4.69, 9.17) is 4.98 Å². The standard InChI is InChI=1S/C16H25N3O/c1-4-9-19-15-8-6-5-7-14(15)18-16(19)10-17-13(3)12(2)11-20/h5-8,12-13,17,20H,4,9-11H2,1-3H3. The van der Waals surface area contributed by atoms with Crippen LogP contribution < -0.4 is 5.32 Å². The zero-order chi connectivity index (χ0) is 14.5. The summed E-state index contributed by atoms with van der Waals surface area (Å²) in [6.07, 6.45) is 1.09. The Morgan fingerprint density at radius 2 is 2.05 bits per heavy atom. The highest BCUT2D eigenvalue weighted by Gasteiger charge is 2.13. The molecule has 0 saturated heterocycles. The number of aliphatic hydroxyl groups is 1. The zero-order valence-electron chi connectivity index (χ0n) is 12.6. The van der Waals surface area contributed by atoms with Crippen molar-refractivity contribution in [2.24, 2.45) is 5.92 Å². The third kappa shape index (κ3) is 3.19. The molecule has 0 aliphatic heterocycles. The maximum Gasteiger partial charge on any atom is 0.123 e. The van der Waals surface area contributed by atoms with Crippen molar-refractivity contribution in [2.75, 3.05) is 6.61 Å². The van der Waals surface area contributed by atoms with Gasteiger partial charge in [0, 0.05) is 19.2 Å². The molecule has 1 aromatic carbocycles. The van der Waals surface area contributed by atoms with Gasteiger partial charge in [0.1, 0.15) is 5.82 Å². The first-order valence-electron chi connectivity index (χ1n) is 7.45. The van der Waals surface area contributed by atoms with Gasteiger partial charge < -0.3 is 15.0 Å². The van der Waals surface area contributed by atoms with Crippen LogP contribution in [0.1, 0.15) is 33.0 Å². The van der Waals surface area contributed by atoms with Gasteiger partial charge in [0.05, 0.1) is 17.6 Å². The monoisotopic (exact) mass is 275 g/mol. The quantitative estimate of drug-likeness (QED) is 0.816. The van der Waals surface area contributed by atoms with Gasteiger partial charge >= 0.3 is 0 Å². The lowest BCUT2D eigenvalue weighted by atomic mass is 10.1. The molecule has 0 bridgehead atoms. The molecule has 0 aliphatic carbocycles. The first-order valence-corrected chi connectivity index (χ1v) is 7.45. The van der Waals surface area contributed by atoms with Gasteiger partial charge in [-0.1, -0.05) is 26.0 Å². The molecule has 20 heavy (non-hydrogen) atoms. The molecule has 4 nitrogen and oxygen atoms in total. The number of aryl methyl sites for hydroxylation is 1. The van der Waals surface area contributed by atoms with E-state index in [1.54, 1.807) is 0 Å². The van der Waals surface area contributed by atoms with Gasteiger partial charge in [-0.3, -0.25) is 0 Å². The Morgan fingerprint density at radius 1 is 1.30 bits per heavy atom. The molecular formula is C16H25N3O. The molecule has 0 spiro atoms. The highest BCUT2D eigenvalue weighted by atomic mass is 16.3. The van der Waals surface area contributed by atoms with Crippen LogP contribution in [0.15, 0.2) is 24.3 Å². The lowest BCUT2D eigenvalue weighted by Gasteiger charge is -2.19. The van der Waals surface area contributed by atoms with Crippen molar-refractivity contribution >= 4 is 11.0 Å². The summed E-state index contributed by atoms with van der Waals surface area (Å²) in [6, 6.07) is 8.55. The maximum absolute atomic E-state index is 9.19. The minimum atomic E-state index is 0.208. The Hall–Kier alpha value is -1.39. The van der Waals surface area contributed by atoms with E-state index in [0.717, 1.165) is 30.9 Å². The third-order valence-electron chi connectivity index (χ3n) is 3.90. The normalized spacial score (nSPS) is 14.6. The Kier molecular flexibility index (Phi) is 5.15. The van der Waals surface area contributed by atoms with Crippen molar-refractivity contribution < 1.29 is 5.11 Å². The number of hydrogen-bond donors (Lipinski definition) is 2. The number of hydrogen-bond acceptors (Lipinski definition) is 3. The molecule has 0 aliphatic rings. The summed E-state index contributed by atoms with van der Waals surface area (Å²) >= 11 is 0. The van der Waals surface area contributed by atoms with Crippen molar-refractivity contribution in [3.63, 3.8) is 0 Å². The summed E-state index contributed by atoms with van der Waals surface area (Å²) in [6.45, 7) is 8.27. The second kappa shape index (κ2) is 6.86. The topological polar surface area (TPSA) is 50.1 Å². The number of imidazole rings is 1. The van der Waals surface area contributed by atoms with E-state index in [0.29, 0.717) is 0 Å². The SMILES string of the molecule is CCCn1c(CNC(C)C(C)CO)nc2ccccc21. The van der Waals surface area contributed by atoms with Crippen LogP contribution in [-0.4, -0.2) is 27.3 Å². The molecule has 110 valence electrons. The highest BCUT2D eigenvalue weighted by molar-refractivity contribution is 5.75. The molecule has 2 rings (SSSR count). The lowest BCUT2D eigenvalue weighted by molar-refractivity contribution is 0.206. The molecule has 1 aromatic heterocycles. The summed E-state index contributed by atoms with van der Waals surface area (Å²) in [4.78, 5) is 4.73. The van der Waals surface area contributed by atoms with Crippen LogP contribution in [0, 0.1) is 5.92 Å². The van der Waals surface area contributed by atoms with Crippen LogP contribution in [0.3, 0.4) is 0 Å². The summed E-state index contributed by atoms with van der Waals surface area (Å²) < 4.78 is 2.29. The average molecular weight is 275 g/mol. The molecule has 2 atom stereocenters. The molecule has 1 heterocycles. The number of fused-ring (bicyclic) bond motifs is 1. The van der Waals surface area contributed by atoms with E-state index >= 15 is 0 Å². The predicted molar refractivity (Wildman–Crippen MR) is 82.6 cm³/mol. The smallest absolute Gasteiger partial charge is 0.123 e. The number of aromatic nitrogens is 2. The van der Waals surface area contributed by atoms with Crippen LogP contribution in [0.5, 0.6) is 0 Å². The maximum atomic E-state index is 9.19. The van der Waals surface area contributed by atoms with E-state index in [9.17, 15) is 5.11 Å². The summed E-state index contributed by atoms with van der Waals surface area (Å²) in [5, 5.41) is 12.7. The van der Waals surface area contributed by atoms with Crippen molar-refractivity contribution in [1.29, 1.82) is 0 Å². The van der Waals surface area contributed by atoms with Crippen molar-refractivity contribution in [1.82, 2.24) is 14.9 Å². The van der Waals surface area contributed by atoms with Gasteiger partial charge in [0.15, 0.2) is 0 Å². The highest BCUT2D eigenvalue weighted by Crippen LogP contribution is 2.17. The van der Waals surface area contributed by atoms with Crippen LogP contribution in [0.2, 0.25) is 0 Å². The molecule has 0 amide bonds. The van der Waals surface area contributed by atoms with E-state index in [1.165, 1.54) is 5.52 Å². The van der Waals surface area contributed by atoms with Crippen molar-refractivity contribution in [2.45, 2.75) is 46.3 Å². The van der Waals surface area contributed by atoms with Gasteiger partial charge in [0.25, 0.3) is 0 Å². The fraction of sp³-hybridized carbons (Fsp3) is 0.562. The van der Waals surface area contributed by atoms with Crippen LogP contribution in [0.4, 0.5) is 0 Å². The van der Waals surface area contributed by atoms with Gasteiger partial charge in [-0.2, -0.15) is 0 Å². The van der Waals surface area contributed by atoms with Gasteiger partial charge in [-0.25, -0.2) is 4.98 Å². The van der Waals surface area contributed by atoms with Gasteiger partial charge in [-0.15, -0.1) is 0 Å². The molecule has 4 heteroatoms. The Labute approximate surface area is 120 Å². The van der Waals surface area contributed by atoms with Crippen LogP contribution in [-0.2, 0) is 13.1 Å². The fourth-order valence-electron chi connectivity index (χ4n) is 2.35. The lowest BCUT2D eigenvalue weighted by Crippen LogP contribution is -2.34. The first kappa shape index (κ1) is 15.0. The molecule has 2 unspecified atom stereocenters. The van der Waals surface area contributed by atoms with Crippen LogP contribution in [0.25, 0.3) is 11.0 Å². The molecule has 0 radical (unpaired) electrons. The number of benzene rings is 1. The van der Waals surface area contributed by atoms with E-state index in [1.807, 2.05) is 13.0 Å². The second-order valence-corrected chi connectivity index (χ2v) is 5.50. The number of nitrogens with zero attached hydrogens (tertiary/aromatic N) is 2. The molecule has 2 N–H and O–H groups in total. The van der Waals surface area contributed by atoms with Crippen molar-refractivity contribution in [3.8, 4) is 0 Å². The first-order chi connectivity index (χ1) is 9.67. The molecule has 0 fully saturated rings. The molecule has 0 saturated carbocycles. The van der Waals surface area contributed by atoms with Gasteiger partial charge in [0.2, 0.25) is 0 Å². The second-order valence-electron chi connectivity index (χ2n) is 5.50. The fourth-order valence-corrected chi connectivity index (χ4v) is 2.35. The van der Waals surface area contributed by atoms with E-state index in [2.05, 4.69) is 41.9 Å². The number of para-hydroxylation sites is 2. The third-order valence-corrected chi connectivity index (χ3v) is 3.90.